The first-order valence-electron chi connectivity index (χ1n) is 8.74. The molecule has 1 amide bonds. The first-order chi connectivity index (χ1) is 12.6. The van der Waals surface area contributed by atoms with Crippen LogP contribution in [-0.4, -0.2) is 30.3 Å². The highest BCUT2D eigenvalue weighted by molar-refractivity contribution is 6.22. The van der Waals surface area contributed by atoms with E-state index in [4.69, 9.17) is 9.47 Å². The van der Waals surface area contributed by atoms with Crippen LogP contribution >= 0.6 is 0 Å². The summed E-state index contributed by atoms with van der Waals surface area (Å²) < 4.78 is 11.5. The molecule has 0 spiro atoms. The molecule has 0 aromatic heterocycles. The lowest BCUT2D eigenvalue weighted by Crippen LogP contribution is -2.22. The minimum atomic E-state index is -0.316. The summed E-state index contributed by atoms with van der Waals surface area (Å²) in [5, 5.41) is 9.73. The summed E-state index contributed by atoms with van der Waals surface area (Å²) in [6, 6.07) is 12.9. The Hall–Kier alpha value is -2.79. The molecule has 1 heterocycles. The number of nitrogens with zero attached hydrogens (tertiary/aromatic N) is 1. The topological polar surface area (TPSA) is 59.0 Å². The van der Waals surface area contributed by atoms with Crippen LogP contribution in [0.2, 0.25) is 0 Å². The number of ether oxygens (including phenoxy) is 2. The largest absolute Gasteiger partial charge is 0.493 e. The Balaban J connectivity index is 1.67. The van der Waals surface area contributed by atoms with Crippen LogP contribution in [0.15, 0.2) is 49.0 Å². The number of methoxy groups -OCH3 is 1. The predicted molar refractivity (Wildman–Crippen MR) is 99.6 cm³/mol. The van der Waals surface area contributed by atoms with E-state index in [9.17, 15) is 9.90 Å². The Morgan fingerprint density at radius 2 is 1.88 bits per heavy atom. The lowest BCUT2D eigenvalue weighted by atomic mass is 10.1. The molecule has 2 aromatic carbocycles. The van der Waals surface area contributed by atoms with Crippen LogP contribution in [0.1, 0.15) is 35.2 Å². The summed E-state index contributed by atoms with van der Waals surface area (Å²) in [5.74, 6) is 1.07. The van der Waals surface area contributed by atoms with Gasteiger partial charge in [0.15, 0.2) is 11.5 Å². The second kappa shape index (κ2) is 6.50. The number of hydrogen-bond acceptors (Lipinski definition) is 4. The van der Waals surface area contributed by atoms with Gasteiger partial charge in [0.1, 0.15) is 6.10 Å². The summed E-state index contributed by atoms with van der Waals surface area (Å²) in [6.45, 7) is 4.09. The van der Waals surface area contributed by atoms with Crippen LogP contribution in [0.4, 0.5) is 5.69 Å². The van der Waals surface area contributed by atoms with Gasteiger partial charge in [-0.15, -0.1) is 0 Å². The van der Waals surface area contributed by atoms with Crippen molar-refractivity contribution in [1.82, 2.24) is 0 Å². The molecule has 26 heavy (non-hydrogen) atoms. The Kier molecular flexibility index (Phi) is 4.17. The fourth-order valence-corrected chi connectivity index (χ4v) is 3.66. The van der Waals surface area contributed by atoms with Gasteiger partial charge in [-0.3, -0.25) is 9.69 Å². The summed E-state index contributed by atoms with van der Waals surface area (Å²) in [5.41, 5.74) is 2.83. The molecule has 0 radical (unpaired) electrons. The van der Waals surface area contributed by atoms with Crippen LogP contribution in [0.3, 0.4) is 0 Å². The standard InChI is InChI=1S/C21H21NO4/c1-13-17-5-3-4-6-18(17)21(24)22(13)14-7-10-19(25-2)20(11-14)26-16-9-8-15(23)12-16/h3-7,10-11,15-16,23H,1,8-9,12H2,2H3. The number of aliphatic hydroxyl groups is 1. The van der Waals surface area contributed by atoms with Crippen LogP contribution in [0.25, 0.3) is 5.70 Å². The normalized spacial score (nSPS) is 21.8. The van der Waals surface area contributed by atoms with Gasteiger partial charge in [-0.2, -0.15) is 0 Å². The number of rotatable bonds is 4. The summed E-state index contributed by atoms with van der Waals surface area (Å²) >= 11 is 0. The molecule has 0 saturated heterocycles. The number of carbonyl (C=O) groups excluding carboxylic acids is 1. The number of hydrogen-bond donors (Lipinski definition) is 1. The SMILES string of the molecule is C=C1c2ccccc2C(=O)N1c1ccc(OC)c(OC2CCC(O)C2)c1. The van der Waals surface area contributed by atoms with Gasteiger partial charge in [0.05, 0.1) is 24.6 Å². The molecule has 1 aliphatic heterocycles. The highest BCUT2D eigenvalue weighted by atomic mass is 16.5. The van der Waals surface area contributed by atoms with Crippen molar-refractivity contribution in [2.75, 3.05) is 12.0 Å². The zero-order chi connectivity index (χ0) is 18.3. The summed E-state index contributed by atoms with van der Waals surface area (Å²) in [7, 11) is 1.58. The van der Waals surface area contributed by atoms with E-state index in [1.54, 1.807) is 24.1 Å². The van der Waals surface area contributed by atoms with E-state index < -0.39 is 0 Å². The predicted octanol–water partition coefficient (Wildman–Crippen LogP) is 3.62. The maximum atomic E-state index is 12.8. The summed E-state index contributed by atoms with van der Waals surface area (Å²) in [4.78, 5) is 14.4. The van der Waals surface area contributed by atoms with E-state index in [0.29, 0.717) is 34.9 Å². The van der Waals surface area contributed by atoms with Crippen molar-refractivity contribution in [3.8, 4) is 11.5 Å². The van der Waals surface area contributed by atoms with Gasteiger partial charge < -0.3 is 14.6 Å². The van der Waals surface area contributed by atoms with Crippen LogP contribution < -0.4 is 14.4 Å². The van der Waals surface area contributed by atoms with Gasteiger partial charge in [-0.1, -0.05) is 24.8 Å². The first-order valence-corrected chi connectivity index (χ1v) is 8.74. The molecule has 134 valence electrons. The molecule has 2 aromatic rings. The fraction of sp³-hybridized carbons (Fsp3) is 0.286. The molecular formula is C21H21NO4. The molecule has 5 heteroatoms. The lowest BCUT2D eigenvalue weighted by molar-refractivity contribution is 0.101. The van der Waals surface area contributed by atoms with E-state index in [1.807, 2.05) is 30.3 Å². The molecule has 0 bridgehead atoms. The Morgan fingerprint density at radius 3 is 2.54 bits per heavy atom. The smallest absolute Gasteiger partial charge is 0.263 e. The zero-order valence-corrected chi connectivity index (χ0v) is 14.6. The van der Waals surface area contributed by atoms with Gasteiger partial charge in [0.25, 0.3) is 5.91 Å². The van der Waals surface area contributed by atoms with Crippen molar-refractivity contribution in [2.45, 2.75) is 31.5 Å². The average molecular weight is 351 g/mol. The van der Waals surface area contributed by atoms with Gasteiger partial charge in [0, 0.05) is 23.6 Å². The average Bonchev–Trinajstić information content (AvgIpc) is 3.17. The van der Waals surface area contributed by atoms with Gasteiger partial charge in [-0.05, 0) is 31.0 Å². The van der Waals surface area contributed by atoms with E-state index in [-0.39, 0.29) is 18.1 Å². The highest BCUT2D eigenvalue weighted by Gasteiger charge is 2.32. The molecule has 1 saturated carbocycles. The lowest BCUT2D eigenvalue weighted by Gasteiger charge is -2.21. The number of fused-ring (bicyclic) bond motifs is 1. The third-order valence-corrected chi connectivity index (χ3v) is 5.00. The van der Waals surface area contributed by atoms with Crippen molar-refractivity contribution < 1.29 is 19.4 Å². The van der Waals surface area contributed by atoms with E-state index in [0.717, 1.165) is 18.4 Å². The number of benzene rings is 2. The first kappa shape index (κ1) is 16.7. The second-order valence-corrected chi connectivity index (χ2v) is 6.67. The van der Waals surface area contributed by atoms with E-state index in [2.05, 4.69) is 6.58 Å². The molecule has 1 fully saturated rings. The zero-order valence-electron chi connectivity index (χ0n) is 14.6. The molecule has 1 N–H and O–H groups in total. The van der Waals surface area contributed by atoms with E-state index in [1.165, 1.54) is 0 Å². The number of carbonyl (C=O) groups is 1. The highest BCUT2D eigenvalue weighted by Crippen LogP contribution is 2.40. The van der Waals surface area contributed by atoms with Crippen LogP contribution in [0.5, 0.6) is 11.5 Å². The molecule has 2 atom stereocenters. The molecule has 1 aliphatic carbocycles. The van der Waals surface area contributed by atoms with Gasteiger partial charge >= 0.3 is 0 Å². The molecular weight excluding hydrogens is 330 g/mol. The quantitative estimate of drug-likeness (QED) is 0.914. The van der Waals surface area contributed by atoms with Crippen molar-refractivity contribution in [2.24, 2.45) is 0 Å². The van der Waals surface area contributed by atoms with Gasteiger partial charge in [-0.25, -0.2) is 0 Å². The number of aliphatic hydroxyl groups excluding tert-OH is 1. The van der Waals surface area contributed by atoms with Crippen molar-refractivity contribution in [3.63, 3.8) is 0 Å². The summed E-state index contributed by atoms with van der Waals surface area (Å²) in [6.07, 6.45) is 1.78. The third kappa shape index (κ3) is 2.74. The van der Waals surface area contributed by atoms with Crippen molar-refractivity contribution in [1.29, 1.82) is 0 Å². The van der Waals surface area contributed by atoms with Crippen LogP contribution in [-0.2, 0) is 0 Å². The minimum Gasteiger partial charge on any atom is -0.493 e. The molecule has 5 nitrogen and oxygen atoms in total. The van der Waals surface area contributed by atoms with Gasteiger partial charge in [0.2, 0.25) is 0 Å². The maximum absolute atomic E-state index is 12.8. The maximum Gasteiger partial charge on any atom is 0.263 e. The fourth-order valence-electron chi connectivity index (χ4n) is 3.66. The van der Waals surface area contributed by atoms with Crippen LogP contribution in [0, 0.1) is 0 Å². The van der Waals surface area contributed by atoms with Crippen molar-refractivity contribution >= 4 is 17.3 Å². The molecule has 4 rings (SSSR count). The Labute approximate surface area is 152 Å². The molecule has 2 unspecified atom stereocenters. The molecule has 2 aliphatic rings. The van der Waals surface area contributed by atoms with Crippen molar-refractivity contribution in [3.05, 3.63) is 60.2 Å². The number of amides is 1. The second-order valence-electron chi connectivity index (χ2n) is 6.67. The number of anilines is 1. The monoisotopic (exact) mass is 351 g/mol. The minimum absolute atomic E-state index is 0.0520. The Morgan fingerprint density at radius 1 is 1.12 bits per heavy atom. The third-order valence-electron chi connectivity index (χ3n) is 5.00. The Bertz CT molecular complexity index is 841. The van der Waals surface area contributed by atoms with E-state index >= 15 is 0 Å².